The summed E-state index contributed by atoms with van der Waals surface area (Å²) in [4.78, 5) is 25.4. The molecule has 1 amide bonds. The molecule has 0 spiro atoms. The third-order valence-corrected chi connectivity index (χ3v) is 6.52. The Bertz CT molecular complexity index is 1550. The average Bonchev–Trinajstić information content (AvgIpc) is 2.94. The molecular formula is C30H22ClF4NO4. The molecule has 4 aromatic rings. The van der Waals surface area contributed by atoms with E-state index in [4.69, 9.17) is 16.3 Å². The summed E-state index contributed by atoms with van der Waals surface area (Å²) >= 11 is 5.88. The van der Waals surface area contributed by atoms with Gasteiger partial charge in [0.05, 0.1) is 35.7 Å². The first-order valence-electron chi connectivity index (χ1n) is 11.9. The maximum absolute atomic E-state index is 13.5. The maximum atomic E-state index is 13.5. The van der Waals surface area contributed by atoms with E-state index in [9.17, 15) is 32.3 Å². The van der Waals surface area contributed by atoms with Gasteiger partial charge in [-0.05, 0) is 64.2 Å². The molecule has 1 unspecified atom stereocenters. The summed E-state index contributed by atoms with van der Waals surface area (Å²) in [5.74, 6) is -2.31. The van der Waals surface area contributed by atoms with E-state index >= 15 is 0 Å². The normalized spacial score (nSPS) is 12.1. The van der Waals surface area contributed by atoms with Gasteiger partial charge in [-0.3, -0.25) is 9.59 Å². The fraction of sp³-hybridized carbons (Fsp3) is 0.133. The van der Waals surface area contributed by atoms with Crippen LogP contribution in [-0.4, -0.2) is 24.1 Å². The van der Waals surface area contributed by atoms with Crippen LogP contribution in [0.5, 0.6) is 5.75 Å². The van der Waals surface area contributed by atoms with Gasteiger partial charge in [-0.25, -0.2) is 4.39 Å². The predicted octanol–water partition coefficient (Wildman–Crippen LogP) is 7.57. The van der Waals surface area contributed by atoms with Crippen LogP contribution in [0.2, 0.25) is 5.02 Å². The van der Waals surface area contributed by atoms with Crippen LogP contribution >= 0.6 is 11.6 Å². The van der Waals surface area contributed by atoms with Crippen molar-refractivity contribution in [2.45, 2.75) is 18.6 Å². The Kier molecular flexibility index (Phi) is 8.44. The molecule has 0 aromatic heterocycles. The van der Waals surface area contributed by atoms with Crippen molar-refractivity contribution in [1.82, 2.24) is 5.32 Å². The molecule has 0 aliphatic rings. The molecule has 10 heteroatoms. The van der Waals surface area contributed by atoms with E-state index in [2.05, 4.69) is 5.32 Å². The van der Waals surface area contributed by atoms with E-state index in [1.165, 1.54) is 49.6 Å². The summed E-state index contributed by atoms with van der Waals surface area (Å²) in [6.07, 6.45) is -4.79. The molecule has 0 heterocycles. The average molecular weight is 572 g/mol. The second kappa shape index (κ2) is 11.8. The SMILES string of the molecule is COC(=O)CC(NC(=O)c1cc(-c2cccc(C(F)(F)F)c2)ccc1O)c1ccc(-c2ccc(F)c(Cl)c2)cc1. The molecule has 0 saturated carbocycles. The zero-order valence-electron chi connectivity index (χ0n) is 20.9. The Morgan fingerprint density at radius 1 is 0.900 bits per heavy atom. The number of carbonyl (C=O) groups is 2. The molecule has 0 bridgehead atoms. The van der Waals surface area contributed by atoms with Gasteiger partial charge in [-0.15, -0.1) is 0 Å². The number of alkyl halides is 3. The lowest BCUT2D eigenvalue weighted by atomic mass is 9.97. The topological polar surface area (TPSA) is 75.6 Å². The van der Waals surface area contributed by atoms with Crippen LogP contribution in [0, 0.1) is 5.82 Å². The number of hydrogen-bond donors (Lipinski definition) is 2. The Balaban J connectivity index is 1.62. The highest BCUT2D eigenvalue weighted by molar-refractivity contribution is 6.31. The monoisotopic (exact) mass is 571 g/mol. The zero-order valence-corrected chi connectivity index (χ0v) is 21.7. The lowest BCUT2D eigenvalue weighted by Crippen LogP contribution is -2.30. The van der Waals surface area contributed by atoms with Gasteiger partial charge in [0.1, 0.15) is 11.6 Å². The van der Waals surface area contributed by atoms with E-state index in [1.807, 2.05) is 0 Å². The molecule has 4 aromatic carbocycles. The minimum absolute atomic E-state index is 0.0374. The fourth-order valence-electron chi connectivity index (χ4n) is 4.09. The molecule has 2 N–H and O–H groups in total. The summed E-state index contributed by atoms with van der Waals surface area (Å²) in [7, 11) is 1.20. The molecule has 4 rings (SSSR count). The van der Waals surface area contributed by atoms with Crippen LogP contribution in [0.1, 0.15) is 33.9 Å². The second-order valence-corrected chi connectivity index (χ2v) is 9.27. The first-order valence-corrected chi connectivity index (χ1v) is 12.3. The summed E-state index contributed by atoms with van der Waals surface area (Å²) in [5.41, 5.74) is 1.33. The number of aromatic hydroxyl groups is 1. The Morgan fingerprint density at radius 3 is 2.17 bits per heavy atom. The second-order valence-electron chi connectivity index (χ2n) is 8.87. The van der Waals surface area contributed by atoms with Gasteiger partial charge in [0.25, 0.3) is 5.91 Å². The van der Waals surface area contributed by atoms with Crippen LogP contribution in [0.4, 0.5) is 17.6 Å². The van der Waals surface area contributed by atoms with Crippen molar-refractivity contribution < 1.29 is 37.0 Å². The minimum atomic E-state index is -4.55. The lowest BCUT2D eigenvalue weighted by Gasteiger charge is -2.19. The van der Waals surface area contributed by atoms with Crippen molar-refractivity contribution >= 4 is 23.5 Å². The number of phenolic OH excluding ortho intramolecular Hbond substituents is 1. The number of methoxy groups -OCH3 is 1. The molecule has 206 valence electrons. The Morgan fingerprint density at radius 2 is 1.52 bits per heavy atom. The van der Waals surface area contributed by atoms with Gasteiger partial charge in [0.2, 0.25) is 0 Å². The first kappa shape index (κ1) is 28.6. The van der Waals surface area contributed by atoms with Crippen molar-refractivity contribution in [3.63, 3.8) is 0 Å². The standard InChI is InChI=1S/C30H22ClF4NO4/c1-40-28(38)16-26(18-7-5-17(6-8-18)21-9-11-25(32)24(31)15-21)36-29(39)23-14-20(10-12-27(23)37)19-3-2-4-22(13-19)30(33,34)35/h2-15,26,37H,16H2,1H3,(H,36,39). The Hall–Kier alpha value is -4.37. The summed E-state index contributed by atoms with van der Waals surface area (Å²) in [5, 5.41) is 13.0. The van der Waals surface area contributed by atoms with Crippen LogP contribution in [0.25, 0.3) is 22.3 Å². The molecular weight excluding hydrogens is 550 g/mol. The summed E-state index contributed by atoms with van der Waals surface area (Å²) in [6, 6.07) is 18.6. The van der Waals surface area contributed by atoms with E-state index in [-0.39, 0.29) is 28.1 Å². The molecule has 0 radical (unpaired) electrons. The van der Waals surface area contributed by atoms with Crippen LogP contribution in [-0.2, 0) is 15.7 Å². The highest BCUT2D eigenvalue weighted by Gasteiger charge is 2.30. The quantitative estimate of drug-likeness (QED) is 0.177. The van der Waals surface area contributed by atoms with E-state index in [0.29, 0.717) is 16.7 Å². The number of nitrogens with one attached hydrogen (secondary N) is 1. The minimum Gasteiger partial charge on any atom is -0.507 e. The van der Waals surface area contributed by atoms with Crippen molar-refractivity contribution in [2.75, 3.05) is 7.11 Å². The Labute approximate surface area is 232 Å². The van der Waals surface area contributed by atoms with Crippen LogP contribution in [0.3, 0.4) is 0 Å². The van der Waals surface area contributed by atoms with Crippen molar-refractivity contribution in [3.05, 3.63) is 112 Å². The highest BCUT2D eigenvalue weighted by Crippen LogP contribution is 2.34. The van der Waals surface area contributed by atoms with Gasteiger partial charge in [-0.2, -0.15) is 13.2 Å². The largest absolute Gasteiger partial charge is 0.507 e. The fourth-order valence-corrected chi connectivity index (χ4v) is 4.27. The smallest absolute Gasteiger partial charge is 0.416 e. The summed E-state index contributed by atoms with van der Waals surface area (Å²) < 4.78 is 57.9. The van der Waals surface area contributed by atoms with Crippen LogP contribution < -0.4 is 5.32 Å². The number of phenols is 1. The predicted molar refractivity (Wildman–Crippen MR) is 142 cm³/mol. The van der Waals surface area contributed by atoms with Gasteiger partial charge in [0.15, 0.2) is 0 Å². The van der Waals surface area contributed by atoms with Gasteiger partial charge in [-0.1, -0.05) is 60.1 Å². The third kappa shape index (κ3) is 6.60. The molecule has 5 nitrogen and oxygen atoms in total. The number of carbonyl (C=O) groups excluding carboxylic acids is 2. The number of amides is 1. The van der Waals surface area contributed by atoms with E-state index < -0.39 is 41.2 Å². The molecule has 0 aliphatic carbocycles. The van der Waals surface area contributed by atoms with Crippen molar-refractivity contribution in [1.29, 1.82) is 0 Å². The number of hydrogen-bond acceptors (Lipinski definition) is 4. The molecule has 0 saturated heterocycles. The molecule has 1 atom stereocenters. The molecule has 40 heavy (non-hydrogen) atoms. The number of benzene rings is 4. The van der Waals surface area contributed by atoms with Gasteiger partial charge >= 0.3 is 12.1 Å². The van der Waals surface area contributed by atoms with Crippen molar-refractivity contribution in [3.8, 4) is 28.0 Å². The number of esters is 1. The first-order chi connectivity index (χ1) is 19.0. The highest BCUT2D eigenvalue weighted by atomic mass is 35.5. The number of ether oxygens (including phenoxy) is 1. The van der Waals surface area contributed by atoms with Crippen LogP contribution in [0.15, 0.2) is 84.9 Å². The zero-order chi connectivity index (χ0) is 29.0. The van der Waals surface area contributed by atoms with E-state index in [0.717, 1.165) is 12.1 Å². The van der Waals surface area contributed by atoms with Crippen molar-refractivity contribution in [2.24, 2.45) is 0 Å². The summed E-state index contributed by atoms with van der Waals surface area (Å²) in [6.45, 7) is 0. The van der Waals surface area contributed by atoms with Gasteiger partial charge < -0.3 is 15.2 Å². The lowest BCUT2D eigenvalue weighted by molar-refractivity contribution is -0.141. The number of halogens is 5. The maximum Gasteiger partial charge on any atom is 0.416 e. The van der Waals surface area contributed by atoms with Gasteiger partial charge in [0, 0.05) is 0 Å². The molecule has 0 aliphatic heterocycles. The molecule has 0 fully saturated rings. The third-order valence-electron chi connectivity index (χ3n) is 6.23. The number of rotatable bonds is 7. The van der Waals surface area contributed by atoms with E-state index in [1.54, 1.807) is 30.3 Å².